The third kappa shape index (κ3) is 5.70. The third-order valence-corrected chi connectivity index (χ3v) is 8.10. The summed E-state index contributed by atoms with van der Waals surface area (Å²) in [5.41, 5.74) is 9.14. The summed E-state index contributed by atoms with van der Waals surface area (Å²) in [7, 11) is 3.91. The monoisotopic (exact) mass is 503 g/mol. The minimum absolute atomic E-state index is 0.419. The molecule has 2 N–H and O–H groups in total. The van der Waals surface area contributed by atoms with E-state index in [-0.39, 0.29) is 0 Å². The van der Waals surface area contributed by atoms with Gasteiger partial charge in [0.15, 0.2) is 0 Å². The number of imidazole rings is 1. The minimum atomic E-state index is 0.419. The SMILES string of the molecule is CCc1c(N)ncnc1N1CCC(c2nc(-c3cnc(N(C)C)nc3)cn2CCCCC2CCC2)CC1. The molecule has 198 valence electrons. The molecule has 1 saturated carbocycles. The van der Waals surface area contributed by atoms with Crippen LogP contribution in [0.3, 0.4) is 0 Å². The zero-order valence-corrected chi connectivity index (χ0v) is 22.6. The second kappa shape index (κ2) is 11.4. The summed E-state index contributed by atoms with van der Waals surface area (Å²) in [6, 6.07) is 0. The number of piperidine rings is 1. The molecule has 0 atom stereocenters. The van der Waals surface area contributed by atoms with Crippen molar-refractivity contribution >= 4 is 17.6 Å². The van der Waals surface area contributed by atoms with Gasteiger partial charge in [0.2, 0.25) is 5.95 Å². The molecule has 0 spiro atoms. The van der Waals surface area contributed by atoms with Crippen molar-refractivity contribution in [2.75, 3.05) is 42.7 Å². The molecule has 0 bridgehead atoms. The molecule has 1 saturated heterocycles. The van der Waals surface area contributed by atoms with E-state index in [1.54, 1.807) is 6.33 Å². The number of rotatable bonds is 10. The maximum absolute atomic E-state index is 6.15. The first kappa shape index (κ1) is 25.4. The highest BCUT2D eigenvalue weighted by Gasteiger charge is 2.27. The quantitative estimate of drug-likeness (QED) is 0.398. The highest BCUT2D eigenvalue weighted by atomic mass is 15.2. The largest absolute Gasteiger partial charge is 0.383 e. The molecule has 37 heavy (non-hydrogen) atoms. The van der Waals surface area contributed by atoms with E-state index >= 15 is 0 Å². The number of hydrogen-bond donors (Lipinski definition) is 1. The molecular weight excluding hydrogens is 462 g/mol. The lowest BCUT2D eigenvalue weighted by Crippen LogP contribution is -2.35. The van der Waals surface area contributed by atoms with Gasteiger partial charge in [-0.15, -0.1) is 0 Å². The van der Waals surface area contributed by atoms with Crippen LogP contribution in [0.1, 0.15) is 75.6 Å². The average Bonchev–Trinajstić information content (AvgIpc) is 3.31. The molecule has 0 aromatic carbocycles. The molecule has 1 aliphatic carbocycles. The normalized spacial score (nSPS) is 16.7. The van der Waals surface area contributed by atoms with Crippen LogP contribution < -0.4 is 15.5 Å². The van der Waals surface area contributed by atoms with E-state index in [0.29, 0.717) is 17.7 Å². The highest BCUT2D eigenvalue weighted by Crippen LogP contribution is 2.34. The van der Waals surface area contributed by atoms with Crippen molar-refractivity contribution in [3.05, 3.63) is 36.3 Å². The Morgan fingerprint density at radius 1 is 1.00 bits per heavy atom. The van der Waals surface area contributed by atoms with Gasteiger partial charge in [-0.05, 0) is 31.6 Å². The first-order valence-electron chi connectivity index (χ1n) is 13.9. The number of nitrogens with zero attached hydrogens (tertiary/aromatic N) is 8. The Kier molecular flexibility index (Phi) is 7.86. The fourth-order valence-electron chi connectivity index (χ4n) is 5.63. The van der Waals surface area contributed by atoms with Gasteiger partial charge in [0, 0.05) is 69.4 Å². The number of aromatic nitrogens is 6. The Morgan fingerprint density at radius 2 is 1.76 bits per heavy atom. The van der Waals surface area contributed by atoms with Crippen LogP contribution in [-0.2, 0) is 13.0 Å². The third-order valence-electron chi connectivity index (χ3n) is 8.10. The van der Waals surface area contributed by atoms with E-state index in [2.05, 4.69) is 42.5 Å². The maximum atomic E-state index is 6.15. The van der Waals surface area contributed by atoms with Crippen molar-refractivity contribution in [2.45, 2.75) is 77.2 Å². The van der Waals surface area contributed by atoms with Crippen LogP contribution >= 0.6 is 0 Å². The van der Waals surface area contributed by atoms with E-state index < -0.39 is 0 Å². The molecule has 5 rings (SSSR count). The smallest absolute Gasteiger partial charge is 0.224 e. The summed E-state index contributed by atoms with van der Waals surface area (Å²) in [6.45, 7) is 5.02. The van der Waals surface area contributed by atoms with Crippen molar-refractivity contribution in [1.29, 1.82) is 0 Å². The standard InChI is InChI=1S/C28H41N9/c1-4-23-25(29)32-19-33-27(23)36-14-11-21(12-15-36)26-34-24(22-16-30-28(31-17-22)35(2)3)18-37(26)13-6-5-8-20-9-7-10-20/h16-21H,4-15H2,1-3H3,(H2,29,32,33). The summed E-state index contributed by atoms with van der Waals surface area (Å²) in [5.74, 6) is 4.89. The van der Waals surface area contributed by atoms with Crippen LogP contribution in [0.2, 0.25) is 0 Å². The molecular formula is C28H41N9. The summed E-state index contributed by atoms with van der Waals surface area (Å²) in [4.78, 5) is 27.3. The highest BCUT2D eigenvalue weighted by molar-refractivity contribution is 5.58. The van der Waals surface area contributed by atoms with Crippen molar-refractivity contribution in [2.24, 2.45) is 5.92 Å². The second-order valence-corrected chi connectivity index (χ2v) is 10.8. The Hall–Kier alpha value is -3.23. The number of unbranched alkanes of at least 4 members (excludes halogenated alkanes) is 1. The number of nitrogen functional groups attached to an aromatic ring is 1. The lowest BCUT2D eigenvalue weighted by atomic mass is 9.82. The van der Waals surface area contributed by atoms with Crippen molar-refractivity contribution in [3.8, 4) is 11.3 Å². The summed E-state index contributed by atoms with van der Waals surface area (Å²) in [6.07, 6.45) is 18.7. The molecule has 9 heteroatoms. The summed E-state index contributed by atoms with van der Waals surface area (Å²) >= 11 is 0. The first-order valence-corrected chi connectivity index (χ1v) is 13.9. The number of hydrogen-bond acceptors (Lipinski definition) is 8. The van der Waals surface area contributed by atoms with Crippen LogP contribution in [0.15, 0.2) is 24.9 Å². The topological polar surface area (TPSA) is 102 Å². The first-order chi connectivity index (χ1) is 18.0. The molecule has 0 unspecified atom stereocenters. The van der Waals surface area contributed by atoms with Crippen molar-refractivity contribution < 1.29 is 0 Å². The van der Waals surface area contributed by atoms with Gasteiger partial charge in [-0.2, -0.15) is 0 Å². The van der Waals surface area contributed by atoms with E-state index in [4.69, 9.17) is 10.7 Å². The predicted molar refractivity (Wildman–Crippen MR) is 149 cm³/mol. The molecule has 2 fully saturated rings. The Morgan fingerprint density at radius 3 is 2.41 bits per heavy atom. The molecule has 2 aliphatic rings. The number of nitrogens with two attached hydrogens (primary N) is 1. The Labute approximate surface area is 220 Å². The van der Waals surface area contributed by atoms with E-state index in [9.17, 15) is 0 Å². The van der Waals surface area contributed by atoms with Crippen LogP contribution in [-0.4, -0.2) is 56.7 Å². The molecule has 9 nitrogen and oxygen atoms in total. The summed E-state index contributed by atoms with van der Waals surface area (Å²) < 4.78 is 2.41. The molecule has 3 aromatic rings. The van der Waals surface area contributed by atoms with Gasteiger partial charge in [0.1, 0.15) is 23.8 Å². The summed E-state index contributed by atoms with van der Waals surface area (Å²) in [5, 5.41) is 0. The van der Waals surface area contributed by atoms with Gasteiger partial charge in [-0.25, -0.2) is 24.9 Å². The fourth-order valence-corrected chi connectivity index (χ4v) is 5.63. The Bertz CT molecular complexity index is 1160. The molecule has 4 heterocycles. The van der Waals surface area contributed by atoms with E-state index in [1.807, 2.05) is 31.4 Å². The van der Waals surface area contributed by atoms with E-state index in [0.717, 1.165) is 67.5 Å². The van der Waals surface area contributed by atoms with Crippen LogP contribution in [0.5, 0.6) is 0 Å². The maximum Gasteiger partial charge on any atom is 0.224 e. The lowest BCUT2D eigenvalue weighted by molar-refractivity contribution is 0.285. The van der Waals surface area contributed by atoms with Gasteiger partial charge in [0.05, 0.1) is 5.69 Å². The van der Waals surface area contributed by atoms with Gasteiger partial charge in [0.25, 0.3) is 0 Å². The van der Waals surface area contributed by atoms with Gasteiger partial charge in [-0.1, -0.05) is 39.0 Å². The molecule has 0 radical (unpaired) electrons. The zero-order chi connectivity index (χ0) is 25.8. The van der Waals surface area contributed by atoms with Gasteiger partial charge >= 0.3 is 0 Å². The van der Waals surface area contributed by atoms with Gasteiger partial charge < -0.3 is 20.1 Å². The second-order valence-electron chi connectivity index (χ2n) is 10.8. The fraction of sp³-hybridized carbons (Fsp3) is 0.607. The lowest BCUT2D eigenvalue weighted by Gasteiger charge is -2.33. The van der Waals surface area contributed by atoms with Crippen molar-refractivity contribution in [1.82, 2.24) is 29.5 Å². The zero-order valence-electron chi connectivity index (χ0n) is 22.6. The minimum Gasteiger partial charge on any atom is -0.383 e. The van der Waals surface area contributed by atoms with E-state index in [1.165, 1.54) is 44.3 Å². The van der Waals surface area contributed by atoms with Crippen molar-refractivity contribution in [3.63, 3.8) is 0 Å². The van der Waals surface area contributed by atoms with Crippen LogP contribution in [0.25, 0.3) is 11.3 Å². The molecule has 1 aliphatic heterocycles. The van der Waals surface area contributed by atoms with Gasteiger partial charge in [-0.3, -0.25) is 0 Å². The molecule has 0 amide bonds. The number of anilines is 3. The van der Waals surface area contributed by atoms with Crippen LogP contribution in [0, 0.1) is 5.92 Å². The average molecular weight is 504 g/mol. The predicted octanol–water partition coefficient (Wildman–Crippen LogP) is 4.70. The Balaban J connectivity index is 1.32. The number of aryl methyl sites for hydroxylation is 1. The van der Waals surface area contributed by atoms with Crippen LogP contribution in [0.4, 0.5) is 17.6 Å². The molecule has 3 aromatic heterocycles.